The molecule has 0 radical (unpaired) electrons. The summed E-state index contributed by atoms with van der Waals surface area (Å²) in [5, 5.41) is 0. The van der Waals surface area contributed by atoms with E-state index in [2.05, 4.69) is 27.7 Å². The minimum atomic E-state index is -0.340. The fourth-order valence-electron chi connectivity index (χ4n) is 11.2. The van der Waals surface area contributed by atoms with Gasteiger partial charge in [-0.2, -0.15) is 0 Å². The molecule has 256 valence electrons. The van der Waals surface area contributed by atoms with Crippen molar-refractivity contribution in [3.8, 4) is 0 Å². The first-order valence-electron chi connectivity index (χ1n) is 18.6. The molecule has 47 heavy (non-hydrogen) atoms. The molecular formula is C41H58N2O4. The van der Waals surface area contributed by atoms with Gasteiger partial charge in [-0.1, -0.05) is 40.5 Å². The van der Waals surface area contributed by atoms with Crippen LogP contribution in [0.1, 0.15) is 125 Å². The van der Waals surface area contributed by atoms with Crippen molar-refractivity contribution < 1.29 is 19.1 Å². The molecule has 2 aromatic carbocycles. The fourth-order valence-corrected chi connectivity index (χ4v) is 11.2. The average molecular weight is 643 g/mol. The summed E-state index contributed by atoms with van der Waals surface area (Å²) < 4.78 is 12.1. The molecule has 0 spiro atoms. The summed E-state index contributed by atoms with van der Waals surface area (Å²) in [5.74, 6) is 3.70. The van der Waals surface area contributed by atoms with E-state index in [-0.39, 0.29) is 35.3 Å². The second-order valence-electron chi connectivity index (χ2n) is 16.5. The van der Waals surface area contributed by atoms with Crippen LogP contribution in [0.15, 0.2) is 48.5 Å². The summed E-state index contributed by atoms with van der Waals surface area (Å²) >= 11 is 0. The van der Waals surface area contributed by atoms with Gasteiger partial charge in [0.05, 0.1) is 17.7 Å². The van der Waals surface area contributed by atoms with Crippen LogP contribution >= 0.6 is 0 Å². The second kappa shape index (κ2) is 13.8. The molecule has 4 N–H and O–H groups in total. The van der Waals surface area contributed by atoms with Crippen LogP contribution in [-0.4, -0.2) is 24.6 Å². The van der Waals surface area contributed by atoms with Crippen molar-refractivity contribution >= 4 is 23.3 Å². The minimum Gasteiger partial charge on any atom is -0.462 e. The molecule has 6 rings (SSSR count). The first kappa shape index (κ1) is 33.9. The highest BCUT2D eigenvalue weighted by molar-refractivity contribution is 5.90. The Bertz CT molecular complexity index is 1390. The monoisotopic (exact) mass is 642 g/mol. The van der Waals surface area contributed by atoms with E-state index >= 15 is 0 Å². The number of carbonyl (C=O) groups excluding carboxylic acids is 2. The zero-order chi connectivity index (χ0) is 33.3. The van der Waals surface area contributed by atoms with Gasteiger partial charge in [0.25, 0.3) is 0 Å². The van der Waals surface area contributed by atoms with Crippen LogP contribution in [0.25, 0.3) is 0 Å². The van der Waals surface area contributed by atoms with E-state index in [0.717, 1.165) is 36.5 Å². The highest BCUT2D eigenvalue weighted by Crippen LogP contribution is 2.68. The number of rotatable bonds is 10. The number of nitrogens with two attached hydrogens (primary N) is 2. The van der Waals surface area contributed by atoms with E-state index in [4.69, 9.17) is 20.9 Å². The normalized spacial score (nSPS) is 33.4. The number of nitrogen functional groups attached to an aromatic ring is 2. The highest BCUT2D eigenvalue weighted by Gasteiger charge is 2.60. The van der Waals surface area contributed by atoms with E-state index in [1.165, 1.54) is 64.2 Å². The molecule has 4 aliphatic carbocycles. The van der Waals surface area contributed by atoms with Crippen LogP contribution in [-0.2, 0) is 9.47 Å². The van der Waals surface area contributed by atoms with Crippen molar-refractivity contribution in [3.05, 3.63) is 59.7 Å². The zero-order valence-electron chi connectivity index (χ0n) is 29.2. The average Bonchev–Trinajstić information content (AvgIpc) is 3.42. The van der Waals surface area contributed by atoms with Gasteiger partial charge >= 0.3 is 11.9 Å². The van der Waals surface area contributed by atoms with Crippen LogP contribution < -0.4 is 11.5 Å². The number of ether oxygens (including phenoxy) is 2. The van der Waals surface area contributed by atoms with Crippen LogP contribution in [0.2, 0.25) is 0 Å². The molecule has 4 saturated carbocycles. The molecule has 6 heteroatoms. The number of esters is 2. The molecule has 0 amide bonds. The maximum Gasteiger partial charge on any atom is 0.338 e. The Hall–Kier alpha value is -3.02. The SMILES string of the molecule is CC(CCC(OC(=O)c1ccc(N)cc1)[C@@H](C)[C@H]1CC[C@H]2[C@@H]3CCC4CCCC[C@]4(C)[C@H]3CC[C@]12C)COC(=O)c1ccc(N)cc1. The summed E-state index contributed by atoms with van der Waals surface area (Å²) in [4.78, 5) is 26.1. The van der Waals surface area contributed by atoms with Crippen molar-refractivity contribution in [2.24, 2.45) is 52.3 Å². The van der Waals surface area contributed by atoms with Gasteiger partial charge < -0.3 is 20.9 Å². The minimum absolute atomic E-state index is 0.131. The summed E-state index contributed by atoms with van der Waals surface area (Å²) in [6.45, 7) is 10.0. The Morgan fingerprint density at radius 2 is 1.38 bits per heavy atom. The van der Waals surface area contributed by atoms with E-state index in [0.29, 0.717) is 40.4 Å². The van der Waals surface area contributed by atoms with Crippen molar-refractivity contribution in [1.29, 1.82) is 0 Å². The molecule has 3 unspecified atom stereocenters. The molecule has 2 aromatic rings. The zero-order valence-corrected chi connectivity index (χ0v) is 29.2. The van der Waals surface area contributed by atoms with Gasteiger partial charge in [0.15, 0.2) is 0 Å². The van der Waals surface area contributed by atoms with Crippen molar-refractivity contribution in [2.75, 3.05) is 18.1 Å². The van der Waals surface area contributed by atoms with E-state index < -0.39 is 0 Å². The van der Waals surface area contributed by atoms with Crippen molar-refractivity contribution in [2.45, 2.75) is 111 Å². The number of fused-ring (bicyclic) bond motifs is 5. The molecular weight excluding hydrogens is 584 g/mol. The molecule has 0 bridgehead atoms. The lowest BCUT2D eigenvalue weighted by Gasteiger charge is -2.61. The van der Waals surface area contributed by atoms with Gasteiger partial charge in [-0.25, -0.2) is 9.59 Å². The second-order valence-corrected chi connectivity index (χ2v) is 16.5. The van der Waals surface area contributed by atoms with Gasteiger partial charge in [-0.15, -0.1) is 0 Å². The summed E-state index contributed by atoms with van der Waals surface area (Å²) in [7, 11) is 0. The third-order valence-electron chi connectivity index (χ3n) is 13.9. The predicted molar refractivity (Wildman–Crippen MR) is 189 cm³/mol. The van der Waals surface area contributed by atoms with Gasteiger partial charge in [-0.3, -0.25) is 0 Å². The van der Waals surface area contributed by atoms with E-state index in [9.17, 15) is 9.59 Å². The van der Waals surface area contributed by atoms with Gasteiger partial charge in [0, 0.05) is 11.4 Å². The van der Waals surface area contributed by atoms with E-state index in [1.807, 2.05) is 0 Å². The Labute approximate surface area is 282 Å². The number of benzene rings is 2. The third-order valence-corrected chi connectivity index (χ3v) is 13.9. The Morgan fingerprint density at radius 1 is 0.745 bits per heavy atom. The topological polar surface area (TPSA) is 105 Å². The molecule has 0 aliphatic heterocycles. The smallest absolute Gasteiger partial charge is 0.338 e. The third kappa shape index (κ3) is 6.81. The number of carbonyl (C=O) groups is 2. The Balaban J connectivity index is 1.14. The molecule has 0 heterocycles. The number of anilines is 2. The number of hydrogen-bond acceptors (Lipinski definition) is 6. The molecule has 4 aliphatic rings. The van der Waals surface area contributed by atoms with Crippen molar-refractivity contribution in [1.82, 2.24) is 0 Å². The highest BCUT2D eigenvalue weighted by atomic mass is 16.5. The largest absolute Gasteiger partial charge is 0.462 e. The van der Waals surface area contributed by atoms with Crippen molar-refractivity contribution in [3.63, 3.8) is 0 Å². The lowest BCUT2D eigenvalue weighted by atomic mass is 9.44. The maximum absolute atomic E-state index is 13.5. The van der Waals surface area contributed by atoms with Gasteiger partial charge in [0.1, 0.15) is 6.10 Å². The Morgan fingerprint density at radius 3 is 2.06 bits per heavy atom. The summed E-state index contributed by atoms with van der Waals surface area (Å²) in [5.41, 5.74) is 14.8. The van der Waals surface area contributed by atoms with Gasteiger partial charge in [0.2, 0.25) is 0 Å². The quantitative estimate of drug-likeness (QED) is 0.198. The molecule has 4 fully saturated rings. The van der Waals surface area contributed by atoms with Crippen LogP contribution in [0, 0.1) is 52.3 Å². The van der Waals surface area contributed by atoms with Crippen LogP contribution in [0.5, 0.6) is 0 Å². The van der Waals surface area contributed by atoms with Crippen LogP contribution in [0.3, 0.4) is 0 Å². The lowest BCUT2D eigenvalue weighted by Crippen LogP contribution is -2.53. The standard InChI is InChI=1S/C41H58N2O4/c1-26(25-46-38(44)28-9-14-31(42)15-10-28)8-21-37(47-39(45)29-11-16-32(43)17-12-29)27(2)34-19-20-35-33-18-13-30-7-5-6-23-40(30,3)36(33)22-24-41(34,35)4/h9-12,14-17,26-27,30,33-37H,5-8,13,18-25,42-43H2,1-4H3/t26?,27-,30?,33-,34+,35-,36-,37?,40-,41+/m0/s1. The summed E-state index contributed by atoms with van der Waals surface area (Å²) in [6.07, 6.45) is 15.1. The van der Waals surface area contributed by atoms with E-state index in [1.54, 1.807) is 48.5 Å². The van der Waals surface area contributed by atoms with Crippen LogP contribution in [0.4, 0.5) is 11.4 Å². The fraction of sp³-hybridized carbons (Fsp3) is 0.659. The Kier molecular flexibility index (Phi) is 9.97. The first-order chi connectivity index (χ1) is 22.5. The number of hydrogen-bond donors (Lipinski definition) is 2. The maximum atomic E-state index is 13.5. The predicted octanol–water partition coefficient (Wildman–Crippen LogP) is 9.33. The molecule has 10 atom stereocenters. The first-order valence-corrected chi connectivity index (χ1v) is 18.6. The lowest BCUT2D eigenvalue weighted by molar-refractivity contribution is -0.118. The summed E-state index contributed by atoms with van der Waals surface area (Å²) in [6, 6.07) is 13.8. The molecule has 0 aromatic heterocycles. The molecule has 0 saturated heterocycles. The molecule has 6 nitrogen and oxygen atoms in total. The van der Waals surface area contributed by atoms with Gasteiger partial charge in [-0.05, 0) is 165 Å².